The van der Waals surface area contributed by atoms with E-state index in [2.05, 4.69) is 11.0 Å². The summed E-state index contributed by atoms with van der Waals surface area (Å²) >= 11 is 0. The first-order valence-corrected chi connectivity index (χ1v) is 6.78. The first-order valence-electron chi connectivity index (χ1n) is 6.78. The van der Waals surface area contributed by atoms with Crippen LogP contribution in [0, 0.1) is 0 Å². The summed E-state index contributed by atoms with van der Waals surface area (Å²) in [6.45, 7) is 1.52. The van der Waals surface area contributed by atoms with Crippen LogP contribution in [0.2, 0.25) is 0 Å². The normalized spacial score (nSPS) is 22.1. The van der Waals surface area contributed by atoms with Crippen molar-refractivity contribution in [2.75, 3.05) is 20.7 Å². The largest absolute Gasteiger partial charge is 0.497 e. The van der Waals surface area contributed by atoms with Gasteiger partial charge in [0.25, 0.3) is 0 Å². The van der Waals surface area contributed by atoms with Crippen LogP contribution < -0.4 is 4.74 Å². The zero-order valence-electron chi connectivity index (χ0n) is 11.9. The molecular weight excluding hydrogens is 258 g/mol. The van der Waals surface area contributed by atoms with Gasteiger partial charge in [0.05, 0.1) is 13.2 Å². The fourth-order valence-corrected chi connectivity index (χ4v) is 2.52. The lowest BCUT2D eigenvalue weighted by atomic mass is 10.1. The molecule has 2 unspecified atom stereocenters. The number of nitrogens with zero attached hydrogens (tertiary/aromatic N) is 1. The topological polar surface area (TPSA) is 59.0 Å². The van der Waals surface area contributed by atoms with Crippen molar-refractivity contribution in [1.29, 1.82) is 0 Å². The van der Waals surface area contributed by atoms with Gasteiger partial charge in [-0.1, -0.05) is 12.1 Å². The summed E-state index contributed by atoms with van der Waals surface area (Å²) in [5, 5.41) is 8.91. The van der Waals surface area contributed by atoms with Crippen LogP contribution in [0.25, 0.3) is 0 Å². The Kier molecular flexibility index (Phi) is 4.98. The maximum atomic E-state index is 10.8. The molecule has 0 bridgehead atoms. The molecule has 1 aliphatic rings. The molecule has 2 atom stereocenters. The van der Waals surface area contributed by atoms with Crippen LogP contribution in [0.5, 0.6) is 5.75 Å². The standard InChI is InChI=1S/C15H21NO4/c1-16(9-11-4-3-5-12(8-11)19-2)10-13-6-7-14(20-13)15(17)18/h3-5,8,13-14H,6-7,9-10H2,1-2H3,(H,17,18). The Labute approximate surface area is 119 Å². The second-order valence-corrected chi connectivity index (χ2v) is 5.21. The smallest absolute Gasteiger partial charge is 0.332 e. The minimum Gasteiger partial charge on any atom is -0.497 e. The number of rotatable bonds is 6. The van der Waals surface area contributed by atoms with Gasteiger partial charge in [0, 0.05) is 13.1 Å². The average Bonchev–Trinajstić information content (AvgIpc) is 2.87. The number of hydrogen-bond acceptors (Lipinski definition) is 4. The molecule has 1 aromatic rings. The van der Waals surface area contributed by atoms with Crippen molar-refractivity contribution < 1.29 is 19.4 Å². The van der Waals surface area contributed by atoms with Gasteiger partial charge in [-0.3, -0.25) is 4.90 Å². The highest BCUT2D eigenvalue weighted by Gasteiger charge is 2.30. The number of aliphatic carboxylic acids is 1. The molecule has 1 aliphatic heterocycles. The maximum Gasteiger partial charge on any atom is 0.332 e. The summed E-state index contributed by atoms with van der Waals surface area (Å²) in [5.74, 6) is -0.0121. The molecule has 110 valence electrons. The fourth-order valence-electron chi connectivity index (χ4n) is 2.52. The van der Waals surface area contributed by atoms with E-state index in [0.717, 1.165) is 25.3 Å². The molecule has 20 heavy (non-hydrogen) atoms. The Morgan fingerprint density at radius 2 is 2.30 bits per heavy atom. The molecule has 0 amide bonds. The number of hydrogen-bond donors (Lipinski definition) is 1. The van der Waals surface area contributed by atoms with E-state index >= 15 is 0 Å². The average molecular weight is 279 g/mol. The van der Waals surface area contributed by atoms with Gasteiger partial charge in [-0.2, -0.15) is 0 Å². The zero-order valence-corrected chi connectivity index (χ0v) is 11.9. The monoisotopic (exact) mass is 279 g/mol. The molecule has 1 saturated heterocycles. The fraction of sp³-hybridized carbons (Fsp3) is 0.533. The van der Waals surface area contributed by atoms with Gasteiger partial charge in [-0.15, -0.1) is 0 Å². The van der Waals surface area contributed by atoms with E-state index in [1.165, 1.54) is 5.56 Å². The highest BCUT2D eigenvalue weighted by molar-refractivity contribution is 5.72. The van der Waals surface area contributed by atoms with Crippen molar-refractivity contribution in [1.82, 2.24) is 4.90 Å². The number of carboxylic acid groups (broad SMARTS) is 1. The Bertz CT molecular complexity index is 463. The van der Waals surface area contributed by atoms with Crippen LogP contribution in [-0.2, 0) is 16.1 Å². The lowest BCUT2D eigenvalue weighted by Gasteiger charge is -2.21. The van der Waals surface area contributed by atoms with E-state index in [4.69, 9.17) is 14.6 Å². The van der Waals surface area contributed by atoms with Crippen LogP contribution in [0.3, 0.4) is 0 Å². The van der Waals surface area contributed by atoms with Crippen molar-refractivity contribution in [2.45, 2.75) is 31.6 Å². The van der Waals surface area contributed by atoms with Crippen molar-refractivity contribution in [3.8, 4) is 5.75 Å². The molecule has 1 heterocycles. The molecular formula is C15H21NO4. The summed E-state index contributed by atoms with van der Waals surface area (Å²) in [6.07, 6.45) is 0.781. The van der Waals surface area contributed by atoms with Gasteiger partial charge in [0.1, 0.15) is 5.75 Å². The van der Waals surface area contributed by atoms with E-state index < -0.39 is 12.1 Å². The summed E-state index contributed by atoms with van der Waals surface area (Å²) in [6, 6.07) is 7.94. The SMILES string of the molecule is COc1cccc(CN(C)CC2CCC(C(=O)O)O2)c1. The lowest BCUT2D eigenvalue weighted by Crippen LogP contribution is -2.30. The first kappa shape index (κ1) is 14.8. The van der Waals surface area contributed by atoms with Gasteiger partial charge in [0.15, 0.2) is 6.10 Å². The van der Waals surface area contributed by atoms with E-state index in [0.29, 0.717) is 6.42 Å². The van der Waals surface area contributed by atoms with Crippen molar-refractivity contribution in [3.05, 3.63) is 29.8 Å². The van der Waals surface area contributed by atoms with E-state index in [1.54, 1.807) is 7.11 Å². The Morgan fingerprint density at radius 3 is 2.95 bits per heavy atom. The molecule has 0 spiro atoms. The lowest BCUT2D eigenvalue weighted by molar-refractivity contribution is -0.149. The van der Waals surface area contributed by atoms with Crippen LogP contribution in [0.4, 0.5) is 0 Å². The molecule has 1 N–H and O–H groups in total. The quantitative estimate of drug-likeness (QED) is 0.860. The predicted molar refractivity (Wildman–Crippen MR) is 74.9 cm³/mol. The Morgan fingerprint density at radius 1 is 1.50 bits per heavy atom. The molecule has 0 radical (unpaired) electrons. The summed E-state index contributed by atoms with van der Waals surface area (Å²) in [7, 11) is 3.66. The van der Waals surface area contributed by atoms with Crippen LogP contribution in [-0.4, -0.2) is 48.9 Å². The van der Waals surface area contributed by atoms with Gasteiger partial charge < -0.3 is 14.6 Å². The van der Waals surface area contributed by atoms with Crippen molar-refractivity contribution in [3.63, 3.8) is 0 Å². The van der Waals surface area contributed by atoms with Gasteiger partial charge in [-0.25, -0.2) is 4.79 Å². The molecule has 0 aliphatic carbocycles. The van der Waals surface area contributed by atoms with Crippen LogP contribution in [0.1, 0.15) is 18.4 Å². The highest BCUT2D eigenvalue weighted by atomic mass is 16.5. The Hall–Kier alpha value is -1.59. The molecule has 5 nitrogen and oxygen atoms in total. The zero-order chi connectivity index (χ0) is 14.5. The molecule has 1 aromatic carbocycles. The van der Waals surface area contributed by atoms with Crippen molar-refractivity contribution in [2.24, 2.45) is 0 Å². The van der Waals surface area contributed by atoms with E-state index in [-0.39, 0.29) is 6.10 Å². The second-order valence-electron chi connectivity index (χ2n) is 5.21. The third-order valence-electron chi connectivity index (χ3n) is 3.48. The van der Waals surface area contributed by atoms with Crippen LogP contribution >= 0.6 is 0 Å². The summed E-state index contributed by atoms with van der Waals surface area (Å²) in [5.41, 5.74) is 1.17. The number of carboxylic acids is 1. The molecule has 0 saturated carbocycles. The number of carbonyl (C=O) groups is 1. The number of benzene rings is 1. The maximum absolute atomic E-state index is 10.8. The molecule has 0 aromatic heterocycles. The summed E-state index contributed by atoms with van der Waals surface area (Å²) < 4.78 is 10.7. The molecule has 2 rings (SSSR count). The number of likely N-dealkylation sites (N-methyl/N-ethyl adjacent to an activating group) is 1. The number of methoxy groups -OCH3 is 1. The van der Waals surface area contributed by atoms with Gasteiger partial charge in [0.2, 0.25) is 0 Å². The van der Waals surface area contributed by atoms with Crippen LogP contribution in [0.15, 0.2) is 24.3 Å². The third kappa shape index (κ3) is 3.95. The van der Waals surface area contributed by atoms with Crippen molar-refractivity contribution >= 4 is 5.97 Å². The Balaban J connectivity index is 1.83. The third-order valence-corrected chi connectivity index (χ3v) is 3.48. The molecule has 1 fully saturated rings. The van der Waals surface area contributed by atoms with E-state index in [9.17, 15) is 4.79 Å². The second kappa shape index (κ2) is 6.72. The number of ether oxygens (including phenoxy) is 2. The molecule has 5 heteroatoms. The highest BCUT2D eigenvalue weighted by Crippen LogP contribution is 2.21. The first-order chi connectivity index (χ1) is 9.58. The van der Waals surface area contributed by atoms with Gasteiger partial charge in [-0.05, 0) is 37.6 Å². The van der Waals surface area contributed by atoms with E-state index in [1.807, 2.05) is 25.2 Å². The van der Waals surface area contributed by atoms with Gasteiger partial charge >= 0.3 is 5.97 Å². The summed E-state index contributed by atoms with van der Waals surface area (Å²) in [4.78, 5) is 13.0. The minimum atomic E-state index is -0.858. The predicted octanol–water partition coefficient (Wildman–Crippen LogP) is 1.76. The minimum absolute atomic E-state index is 0.00621.